The van der Waals surface area contributed by atoms with Crippen molar-refractivity contribution in [2.45, 2.75) is 71.4 Å². The van der Waals surface area contributed by atoms with Gasteiger partial charge in [0.25, 0.3) is 0 Å². The summed E-state index contributed by atoms with van der Waals surface area (Å²) >= 11 is 1.84. The molecule has 2 rings (SSSR count). The maximum absolute atomic E-state index is 9.73. The third kappa shape index (κ3) is 4.03. The zero-order chi connectivity index (χ0) is 14.7. The van der Waals surface area contributed by atoms with Gasteiger partial charge in [-0.3, -0.25) is 0 Å². The van der Waals surface area contributed by atoms with Gasteiger partial charge < -0.3 is 10.4 Å². The Balaban J connectivity index is 1.89. The monoisotopic (exact) mass is 296 g/mol. The first-order valence-corrected chi connectivity index (χ1v) is 8.67. The number of nitrogens with zero attached hydrogens (tertiary/aromatic N) is 1. The van der Waals surface area contributed by atoms with Crippen LogP contribution in [0.5, 0.6) is 0 Å². The lowest BCUT2D eigenvalue weighted by Gasteiger charge is -2.27. The predicted octanol–water partition coefficient (Wildman–Crippen LogP) is 3.78. The number of aliphatic hydroxyl groups is 1. The standard InChI is InChI=1S/C16H28N2OS/c1-10(2)16-18-12(4)15(20-16)11(3)17-9-13-6-5-7-14(19)8-13/h10-11,13-14,17,19H,5-9H2,1-4H3. The minimum absolute atomic E-state index is 0.0801. The van der Waals surface area contributed by atoms with E-state index in [2.05, 4.69) is 38.0 Å². The molecule has 1 aliphatic rings. The van der Waals surface area contributed by atoms with Crippen molar-refractivity contribution in [2.75, 3.05) is 6.54 Å². The summed E-state index contributed by atoms with van der Waals surface area (Å²) in [5, 5.41) is 14.6. The van der Waals surface area contributed by atoms with Crippen molar-refractivity contribution in [3.63, 3.8) is 0 Å². The molecule has 0 aliphatic heterocycles. The van der Waals surface area contributed by atoms with Gasteiger partial charge in [-0.1, -0.05) is 20.3 Å². The summed E-state index contributed by atoms with van der Waals surface area (Å²) in [6.45, 7) is 9.74. The van der Waals surface area contributed by atoms with E-state index < -0.39 is 0 Å². The fourth-order valence-electron chi connectivity index (χ4n) is 2.96. The van der Waals surface area contributed by atoms with Crippen LogP contribution in [0, 0.1) is 12.8 Å². The van der Waals surface area contributed by atoms with E-state index in [9.17, 15) is 5.11 Å². The Hall–Kier alpha value is -0.450. The molecule has 0 radical (unpaired) electrons. The van der Waals surface area contributed by atoms with Gasteiger partial charge in [-0.15, -0.1) is 11.3 Å². The molecule has 0 saturated heterocycles. The highest BCUT2D eigenvalue weighted by atomic mass is 32.1. The Morgan fingerprint density at radius 2 is 2.10 bits per heavy atom. The molecular weight excluding hydrogens is 268 g/mol. The highest BCUT2D eigenvalue weighted by molar-refractivity contribution is 7.11. The molecule has 0 bridgehead atoms. The first kappa shape index (κ1) is 15.9. The van der Waals surface area contributed by atoms with E-state index in [0.717, 1.165) is 19.4 Å². The number of hydrogen-bond donors (Lipinski definition) is 2. The minimum atomic E-state index is -0.0801. The van der Waals surface area contributed by atoms with Gasteiger partial charge in [0.1, 0.15) is 0 Å². The number of aliphatic hydroxyl groups excluding tert-OH is 1. The fourth-order valence-corrected chi connectivity index (χ4v) is 4.06. The summed E-state index contributed by atoms with van der Waals surface area (Å²) in [6, 6.07) is 0.360. The van der Waals surface area contributed by atoms with Crippen LogP contribution in [0.3, 0.4) is 0 Å². The van der Waals surface area contributed by atoms with E-state index in [-0.39, 0.29) is 6.10 Å². The van der Waals surface area contributed by atoms with E-state index in [1.54, 1.807) is 0 Å². The van der Waals surface area contributed by atoms with Crippen molar-refractivity contribution in [1.29, 1.82) is 0 Å². The van der Waals surface area contributed by atoms with E-state index in [1.165, 1.54) is 28.4 Å². The normalized spacial score (nSPS) is 25.1. The van der Waals surface area contributed by atoms with Crippen LogP contribution in [-0.4, -0.2) is 22.7 Å². The average Bonchev–Trinajstić information content (AvgIpc) is 2.78. The number of aromatic nitrogens is 1. The van der Waals surface area contributed by atoms with Crippen molar-refractivity contribution in [3.8, 4) is 0 Å². The molecule has 1 heterocycles. The summed E-state index contributed by atoms with van der Waals surface area (Å²) < 4.78 is 0. The number of nitrogens with one attached hydrogen (secondary N) is 1. The van der Waals surface area contributed by atoms with Gasteiger partial charge in [0.2, 0.25) is 0 Å². The zero-order valence-corrected chi connectivity index (χ0v) is 14.0. The van der Waals surface area contributed by atoms with Crippen LogP contribution >= 0.6 is 11.3 Å². The van der Waals surface area contributed by atoms with E-state index in [4.69, 9.17) is 0 Å². The molecule has 1 aliphatic carbocycles. The fraction of sp³-hybridized carbons (Fsp3) is 0.812. The summed E-state index contributed by atoms with van der Waals surface area (Å²) in [4.78, 5) is 6.04. The Morgan fingerprint density at radius 1 is 1.35 bits per heavy atom. The Labute approximate surface area is 126 Å². The summed E-state index contributed by atoms with van der Waals surface area (Å²) in [5.74, 6) is 1.13. The SMILES string of the molecule is Cc1nc(C(C)C)sc1C(C)NCC1CCCC(O)C1. The maximum atomic E-state index is 9.73. The van der Waals surface area contributed by atoms with Crippen molar-refractivity contribution in [2.24, 2.45) is 5.92 Å². The van der Waals surface area contributed by atoms with Crippen LogP contribution in [0.4, 0.5) is 0 Å². The molecule has 0 aromatic carbocycles. The molecule has 20 heavy (non-hydrogen) atoms. The second-order valence-corrected chi connectivity index (χ2v) is 7.54. The largest absolute Gasteiger partial charge is 0.393 e. The number of aryl methyl sites for hydroxylation is 1. The van der Waals surface area contributed by atoms with Gasteiger partial charge in [-0.25, -0.2) is 4.98 Å². The zero-order valence-electron chi connectivity index (χ0n) is 13.1. The second kappa shape index (κ2) is 7.01. The van der Waals surface area contributed by atoms with Gasteiger partial charge in [-0.05, 0) is 45.6 Å². The number of hydrogen-bond acceptors (Lipinski definition) is 4. The highest BCUT2D eigenvalue weighted by Crippen LogP contribution is 2.30. The van der Waals surface area contributed by atoms with Crippen LogP contribution < -0.4 is 5.32 Å². The van der Waals surface area contributed by atoms with Gasteiger partial charge in [0.05, 0.1) is 16.8 Å². The van der Waals surface area contributed by atoms with E-state index in [0.29, 0.717) is 17.9 Å². The lowest BCUT2D eigenvalue weighted by Crippen LogP contribution is -2.30. The van der Waals surface area contributed by atoms with Gasteiger partial charge in [-0.2, -0.15) is 0 Å². The molecule has 0 amide bonds. The molecule has 3 nitrogen and oxygen atoms in total. The minimum Gasteiger partial charge on any atom is -0.393 e. The molecule has 1 aromatic rings. The van der Waals surface area contributed by atoms with Crippen LogP contribution in [0.15, 0.2) is 0 Å². The molecule has 3 atom stereocenters. The third-order valence-electron chi connectivity index (χ3n) is 4.20. The molecule has 2 N–H and O–H groups in total. The number of thiazole rings is 1. The molecule has 1 saturated carbocycles. The molecule has 0 spiro atoms. The van der Waals surface area contributed by atoms with Crippen molar-refractivity contribution < 1.29 is 5.11 Å². The van der Waals surface area contributed by atoms with E-state index >= 15 is 0 Å². The van der Waals surface area contributed by atoms with Crippen molar-refractivity contribution in [3.05, 3.63) is 15.6 Å². The number of rotatable bonds is 5. The molecule has 1 aromatic heterocycles. The summed E-state index contributed by atoms with van der Waals surface area (Å²) in [5.41, 5.74) is 1.17. The van der Waals surface area contributed by atoms with Crippen LogP contribution in [-0.2, 0) is 0 Å². The smallest absolute Gasteiger partial charge is 0.0956 e. The van der Waals surface area contributed by atoms with Gasteiger partial charge in [0.15, 0.2) is 0 Å². The first-order valence-electron chi connectivity index (χ1n) is 7.86. The lowest BCUT2D eigenvalue weighted by atomic mass is 9.87. The molecule has 4 heteroatoms. The summed E-state index contributed by atoms with van der Waals surface area (Å²) in [6.07, 6.45) is 4.27. The van der Waals surface area contributed by atoms with E-state index in [1.807, 2.05) is 11.3 Å². The summed E-state index contributed by atoms with van der Waals surface area (Å²) in [7, 11) is 0. The Bertz CT molecular complexity index is 430. The first-order chi connectivity index (χ1) is 9.47. The van der Waals surface area contributed by atoms with Crippen molar-refractivity contribution >= 4 is 11.3 Å². The van der Waals surface area contributed by atoms with Crippen LogP contribution in [0.2, 0.25) is 0 Å². The van der Waals surface area contributed by atoms with Crippen LogP contribution in [0.25, 0.3) is 0 Å². The average molecular weight is 296 g/mol. The third-order valence-corrected chi connectivity index (χ3v) is 5.84. The van der Waals surface area contributed by atoms with Crippen molar-refractivity contribution in [1.82, 2.24) is 10.3 Å². The Morgan fingerprint density at radius 3 is 2.70 bits per heavy atom. The van der Waals surface area contributed by atoms with Gasteiger partial charge >= 0.3 is 0 Å². The Kier molecular flexibility index (Phi) is 5.58. The second-order valence-electron chi connectivity index (χ2n) is 6.47. The molecular formula is C16H28N2OS. The molecule has 3 unspecified atom stereocenters. The molecule has 114 valence electrons. The van der Waals surface area contributed by atoms with Crippen LogP contribution in [0.1, 0.15) is 74.0 Å². The topological polar surface area (TPSA) is 45.2 Å². The van der Waals surface area contributed by atoms with Gasteiger partial charge in [0, 0.05) is 16.8 Å². The molecule has 1 fully saturated rings. The lowest BCUT2D eigenvalue weighted by molar-refractivity contribution is 0.0998. The predicted molar refractivity (Wildman–Crippen MR) is 85.3 cm³/mol. The maximum Gasteiger partial charge on any atom is 0.0956 e. The quantitative estimate of drug-likeness (QED) is 0.869. The highest BCUT2D eigenvalue weighted by Gasteiger charge is 2.21.